The molecule has 0 aliphatic heterocycles. The number of hydrogen-bond acceptors (Lipinski definition) is 2. The lowest BCUT2D eigenvalue weighted by molar-refractivity contribution is 0.0787. The van der Waals surface area contributed by atoms with Crippen LogP contribution in [0, 0.1) is 0 Å². The average molecular weight is 328 g/mol. The van der Waals surface area contributed by atoms with E-state index in [1.54, 1.807) is 13.8 Å². The minimum atomic E-state index is -0.990. The molecule has 3 aromatic rings. The molecule has 0 aliphatic rings. The van der Waals surface area contributed by atoms with Gasteiger partial charge in [0, 0.05) is 28.1 Å². The summed E-state index contributed by atoms with van der Waals surface area (Å²) < 4.78 is 0. The molecule has 0 bridgehead atoms. The van der Waals surface area contributed by atoms with Crippen molar-refractivity contribution in [2.24, 2.45) is 0 Å². The average Bonchev–Trinajstić information content (AvgIpc) is 2.47. The number of pyridine rings is 1. The summed E-state index contributed by atoms with van der Waals surface area (Å²) in [5.41, 5.74) is 2.05. The fraction of sp³-hybridized carbons (Fsp3) is 0.211. The molecule has 0 saturated carbocycles. The molecule has 0 saturated heterocycles. The number of para-hydroxylation sites is 1. The molecule has 0 aliphatic carbocycles. The van der Waals surface area contributed by atoms with Crippen molar-refractivity contribution in [3.63, 3.8) is 0 Å². The van der Waals surface area contributed by atoms with E-state index >= 15 is 0 Å². The Morgan fingerprint density at radius 3 is 2.57 bits per heavy atom. The number of nitrogens with one attached hydrogen (secondary N) is 1. The van der Waals surface area contributed by atoms with E-state index in [0.717, 1.165) is 16.5 Å². The van der Waals surface area contributed by atoms with Crippen LogP contribution in [0.15, 0.2) is 53.3 Å². The number of aliphatic hydroxyl groups is 1. The van der Waals surface area contributed by atoms with Crippen LogP contribution in [0.4, 0.5) is 0 Å². The molecule has 23 heavy (non-hydrogen) atoms. The number of fused-ring (bicyclic) bond motifs is 1. The molecule has 2 aromatic carbocycles. The van der Waals surface area contributed by atoms with Crippen LogP contribution in [-0.2, 0) is 12.0 Å². The molecule has 118 valence electrons. The molecule has 3 nitrogen and oxygen atoms in total. The summed E-state index contributed by atoms with van der Waals surface area (Å²) >= 11 is 6.27. The number of aromatic nitrogens is 1. The molecule has 0 atom stereocenters. The highest BCUT2D eigenvalue weighted by atomic mass is 35.5. The fourth-order valence-corrected chi connectivity index (χ4v) is 3.14. The fourth-order valence-electron chi connectivity index (χ4n) is 2.71. The maximum Gasteiger partial charge on any atom is 0.251 e. The van der Waals surface area contributed by atoms with Crippen molar-refractivity contribution >= 4 is 22.5 Å². The summed E-state index contributed by atoms with van der Waals surface area (Å²) in [6.07, 6.45) is 0.492. The van der Waals surface area contributed by atoms with Gasteiger partial charge in [-0.1, -0.05) is 41.9 Å². The quantitative estimate of drug-likeness (QED) is 0.764. The van der Waals surface area contributed by atoms with Gasteiger partial charge in [-0.3, -0.25) is 4.79 Å². The Kier molecular flexibility index (Phi) is 4.00. The largest absolute Gasteiger partial charge is 0.386 e. The van der Waals surface area contributed by atoms with Crippen LogP contribution in [0.1, 0.15) is 30.5 Å². The van der Waals surface area contributed by atoms with E-state index in [2.05, 4.69) is 4.98 Å². The van der Waals surface area contributed by atoms with Crippen LogP contribution in [0.3, 0.4) is 0 Å². The number of hydrogen-bond donors (Lipinski definition) is 2. The van der Waals surface area contributed by atoms with E-state index in [1.807, 2.05) is 48.5 Å². The Labute approximate surface area is 139 Å². The standard InChI is InChI=1S/C19H18ClNO2/c1-19(2,23)15-8-7-12(10-16(15)20)9-14-11-13-5-3-4-6-17(13)21-18(14)22/h3-8,10-11,23H,9H2,1-2H3,(H,21,22). The number of rotatable bonds is 3. The van der Waals surface area contributed by atoms with Crippen molar-refractivity contribution in [1.29, 1.82) is 0 Å². The number of halogens is 1. The van der Waals surface area contributed by atoms with Crippen LogP contribution in [0.2, 0.25) is 5.02 Å². The van der Waals surface area contributed by atoms with Gasteiger partial charge in [0.25, 0.3) is 5.56 Å². The Hall–Kier alpha value is -2.10. The Morgan fingerprint density at radius 1 is 1.13 bits per heavy atom. The van der Waals surface area contributed by atoms with Gasteiger partial charge in [0.2, 0.25) is 0 Å². The van der Waals surface area contributed by atoms with E-state index in [1.165, 1.54) is 0 Å². The first-order chi connectivity index (χ1) is 10.8. The summed E-state index contributed by atoms with van der Waals surface area (Å²) in [6, 6.07) is 15.1. The van der Waals surface area contributed by atoms with E-state index in [-0.39, 0.29) is 5.56 Å². The molecule has 1 aromatic heterocycles. The summed E-state index contributed by atoms with van der Waals surface area (Å²) in [7, 11) is 0. The first-order valence-corrected chi connectivity index (χ1v) is 7.84. The predicted molar refractivity (Wildman–Crippen MR) is 94.1 cm³/mol. The predicted octanol–water partition coefficient (Wildman–Crippen LogP) is 4.00. The van der Waals surface area contributed by atoms with E-state index < -0.39 is 5.60 Å². The molecular weight excluding hydrogens is 310 g/mol. The Balaban J connectivity index is 1.98. The smallest absolute Gasteiger partial charge is 0.251 e. The van der Waals surface area contributed by atoms with Crippen molar-refractivity contribution in [3.05, 3.63) is 80.6 Å². The van der Waals surface area contributed by atoms with Crippen LogP contribution >= 0.6 is 11.6 Å². The SMILES string of the molecule is CC(C)(O)c1ccc(Cc2cc3ccccc3[nH]c2=O)cc1Cl. The van der Waals surface area contributed by atoms with Crippen molar-refractivity contribution in [3.8, 4) is 0 Å². The molecular formula is C19H18ClNO2. The minimum Gasteiger partial charge on any atom is -0.386 e. The highest BCUT2D eigenvalue weighted by Crippen LogP contribution is 2.29. The highest BCUT2D eigenvalue weighted by Gasteiger charge is 2.19. The van der Waals surface area contributed by atoms with Crippen molar-refractivity contribution < 1.29 is 5.11 Å². The van der Waals surface area contributed by atoms with E-state index in [0.29, 0.717) is 22.6 Å². The topological polar surface area (TPSA) is 53.1 Å². The highest BCUT2D eigenvalue weighted by molar-refractivity contribution is 6.31. The second-order valence-electron chi connectivity index (χ2n) is 6.26. The Bertz CT molecular complexity index is 923. The molecule has 0 unspecified atom stereocenters. The van der Waals surface area contributed by atoms with Gasteiger partial charge in [0.1, 0.15) is 0 Å². The molecule has 2 N–H and O–H groups in total. The van der Waals surface area contributed by atoms with E-state index in [4.69, 9.17) is 11.6 Å². The van der Waals surface area contributed by atoms with Crippen molar-refractivity contribution in [1.82, 2.24) is 4.98 Å². The molecule has 0 fully saturated rings. The number of aromatic amines is 1. The molecule has 4 heteroatoms. The molecule has 0 amide bonds. The van der Waals surface area contributed by atoms with Gasteiger partial charge in [-0.05, 0) is 43.0 Å². The normalized spacial score (nSPS) is 11.8. The maximum atomic E-state index is 12.2. The van der Waals surface area contributed by atoms with Crippen molar-refractivity contribution in [2.45, 2.75) is 25.9 Å². The van der Waals surface area contributed by atoms with E-state index in [9.17, 15) is 9.90 Å². The van der Waals surface area contributed by atoms with Crippen molar-refractivity contribution in [2.75, 3.05) is 0 Å². The number of benzene rings is 2. The van der Waals surface area contributed by atoms with Gasteiger partial charge in [-0.2, -0.15) is 0 Å². The number of H-pyrrole nitrogens is 1. The van der Waals surface area contributed by atoms with Crippen LogP contribution in [0.5, 0.6) is 0 Å². The summed E-state index contributed by atoms with van der Waals surface area (Å²) in [5.74, 6) is 0. The van der Waals surface area contributed by atoms with Crippen LogP contribution in [0.25, 0.3) is 10.9 Å². The van der Waals surface area contributed by atoms with Gasteiger partial charge in [0.05, 0.1) is 5.60 Å². The maximum absolute atomic E-state index is 12.2. The third kappa shape index (κ3) is 3.31. The Morgan fingerprint density at radius 2 is 1.87 bits per heavy atom. The van der Waals surface area contributed by atoms with Gasteiger partial charge < -0.3 is 10.1 Å². The second kappa shape index (κ2) is 5.84. The minimum absolute atomic E-state index is 0.0913. The molecule has 3 rings (SSSR count). The molecule has 0 radical (unpaired) electrons. The third-order valence-corrected chi connectivity index (χ3v) is 4.23. The van der Waals surface area contributed by atoms with Crippen LogP contribution < -0.4 is 5.56 Å². The van der Waals surface area contributed by atoms with Crippen LogP contribution in [-0.4, -0.2) is 10.1 Å². The van der Waals surface area contributed by atoms with Gasteiger partial charge in [-0.25, -0.2) is 0 Å². The first-order valence-electron chi connectivity index (χ1n) is 7.47. The lowest BCUT2D eigenvalue weighted by atomic mass is 9.95. The lowest BCUT2D eigenvalue weighted by Gasteiger charge is -2.19. The van der Waals surface area contributed by atoms with Gasteiger partial charge >= 0.3 is 0 Å². The first kappa shape index (κ1) is 15.8. The zero-order valence-electron chi connectivity index (χ0n) is 13.1. The lowest BCUT2D eigenvalue weighted by Crippen LogP contribution is -2.16. The summed E-state index contributed by atoms with van der Waals surface area (Å²) in [4.78, 5) is 15.1. The van der Waals surface area contributed by atoms with Gasteiger partial charge in [0.15, 0.2) is 0 Å². The van der Waals surface area contributed by atoms with Gasteiger partial charge in [-0.15, -0.1) is 0 Å². The zero-order valence-corrected chi connectivity index (χ0v) is 13.8. The summed E-state index contributed by atoms with van der Waals surface area (Å²) in [6.45, 7) is 3.39. The monoisotopic (exact) mass is 327 g/mol. The summed E-state index contributed by atoms with van der Waals surface area (Å²) in [5, 5.41) is 11.6. The third-order valence-electron chi connectivity index (χ3n) is 3.92. The molecule has 1 heterocycles. The zero-order chi connectivity index (χ0) is 16.6. The molecule has 0 spiro atoms. The second-order valence-corrected chi connectivity index (χ2v) is 6.67.